The standard InChI is InChI=1S/C20H25N3O4S/c1-13(2)7-8-18(24)21-10-20(26)27-11-19(25)23-16-6-4-5-15(9-16)17-12-28-14(3)22-17/h4-6,9,12-13H,7-8,10-11H2,1-3H3,(H,21,24)(H,23,25). The Bertz CT molecular complexity index is 832. The molecule has 0 spiro atoms. The van der Waals surface area contributed by atoms with Crippen LogP contribution in [0.1, 0.15) is 31.7 Å². The molecule has 28 heavy (non-hydrogen) atoms. The second-order valence-corrected chi connectivity index (χ2v) is 7.81. The Hall–Kier alpha value is -2.74. The molecular weight excluding hydrogens is 378 g/mol. The summed E-state index contributed by atoms with van der Waals surface area (Å²) in [6.45, 7) is 5.31. The minimum atomic E-state index is -0.653. The van der Waals surface area contributed by atoms with E-state index < -0.39 is 18.5 Å². The van der Waals surface area contributed by atoms with E-state index in [1.807, 2.05) is 44.4 Å². The van der Waals surface area contributed by atoms with Crippen LogP contribution in [0, 0.1) is 12.8 Å². The number of amides is 2. The van der Waals surface area contributed by atoms with E-state index in [0.29, 0.717) is 18.0 Å². The second kappa shape index (κ2) is 10.6. The van der Waals surface area contributed by atoms with Crippen molar-refractivity contribution >= 4 is 34.8 Å². The number of ether oxygens (including phenoxy) is 1. The van der Waals surface area contributed by atoms with Crippen molar-refractivity contribution in [2.24, 2.45) is 5.92 Å². The Balaban J connectivity index is 1.75. The molecule has 0 atom stereocenters. The fraction of sp³-hybridized carbons (Fsp3) is 0.400. The lowest BCUT2D eigenvalue weighted by molar-refractivity contribution is -0.147. The van der Waals surface area contributed by atoms with E-state index in [2.05, 4.69) is 15.6 Å². The molecule has 1 aromatic heterocycles. The van der Waals surface area contributed by atoms with E-state index in [4.69, 9.17) is 4.74 Å². The van der Waals surface area contributed by atoms with Crippen molar-refractivity contribution < 1.29 is 19.1 Å². The summed E-state index contributed by atoms with van der Waals surface area (Å²) < 4.78 is 4.89. The van der Waals surface area contributed by atoms with Gasteiger partial charge in [0.2, 0.25) is 5.91 Å². The zero-order chi connectivity index (χ0) is 20.5. The Morgan fingerprint density at radius 1 is 1.21 bits per heavy atom. The summed E-state index contributed by atoms with van der Waals surface area (Å²) in [6.07, 6.45) is 1.11. The highest BCUT2D eigenvalue weighted by atomic mass is 32.1. The van der Waals surface area contributed by atoms with Gasteiger partial charge in [-0.2, -0.15) is 0 Å². The van der Waals surface area contributed by atoms with E-state index >= 15 is 0 Å². The van der Waals surface area contributed by atoms with Crippen molar-refractivity contribution in [2.75, 3.05) is 18.5 Å². The number of hydrogen-bond donors (Lipinski definition) is 2. The number of hydrogen-bond acceptors (Lipinski definition) is 6. The van der Waals surface area contributed by atoms with Crippen LogP contribution in [-0.2, 0) is 19.1 Å². The third kappa shape index (κ3) is 7.48. The van der Waals surface area contributed by atoms with Crippen LogP contribution in [0.15, 0.2) is 29.6 Å². The maximum atomic E-state index is 12.0. The molecule has 8 heteroatoms. The van der Waals surface area contributed by atoms with Crippen LogP contribution in [0.2, 0.25) is 0 Å². The van der Waals surface area contributed by atoms with E-state index in [1.165, 1.54) is 0 Å². The minimum Gasteiger partial charge on any atom is -0.454 e. The number of carbonyl (C=O) groups is 3. The number of nitrogens with one attached hydrogen (secondary N) is 2. The summed E-state index contributed by atoms with van der Waals surface area (Å²) in [5.41, 5.74) is 2.33. The van der Waals surface area contributed by atoms with E-state index in [0.717, 1.165) is 22.7 Å². The molecule has 0 aliphatic heterocycles. The molecule has 150 valence electrons. The van der Waals surface area contributed by atoms with Gasteiger partial charge in [0.25, 0.3) is 5.91 Å². The zero-order valence-electron chi connectivity index (χ0n) is 16.3. The molecule has 0 aliphatic carbocycles. The van der Waals surface area contributed by atoms with Crippen molar-refractivity contribution in [1.82, 2.24) is 10.3 Å². The zero-order valence-corrected chi connectivity index (χ0v) is 17.1. The van der Waals surface area contributed by atoms with Crippen LogP contribution in [-0.4, -0.2) is 35.9 Å². The van der Waals surface area contributed by atoms with Gasteiger partial charge in [-0.1, -0.05) is 26.0 Å². The van der Waals surface area contributed by atoms with Gasteiger partial charge in [0.15, 0.2) is 6.61 Å². The van der Waals surface area contributed by atoms with Crippen LogP contribution in [0.3, 0.4) is 0 Å². The second-order valence-electron chi connectivity index (χ2n) is 6.75. The Morgan fingerprint density at radius 2 is 2.00 bits per heavy atom. The molecule has 1 heterocycles. The first-order valence-electron chi connectivity index (χ1n) is 9.08. The van der Waals surface area contributed by atoms with Crippen LogP contribution in [0.25, 0.3) is 11.3 Å². The molecule has 0 fully saturated rings. The number of carbonyl (C=O) groups excluding carboxylic acids is 3. The quantitative estimate of drug-likeness (QED) is 0.627. The molecule has 0 bridgehead atoms. The van der Waals surface area contributed by atoms with Gasteiger partial charge in [-0.25, -0.2) is 4.98 Å². The van der Waals surface area contributed by atoms with Crippen molar-refractivity contribution in [3.05, 3.63) is 34.7 Å². The number of anilines is 1. The number of aryl methyl sites for hydroxylation is 1. The lowest BCUT2D eigenvalue weighted by atomic mass is 10.1. The van der Waals surface area contributed by atoms with Gasteiger partial charge in [0.05, 0.1) is 10.7 Å². The van der Waals surface area contributed by atoms with E-state index in [1.54, 1.807) is 17.4 Å². The van der Waals surface area contributed by atoms with Crippen molar-refractivity contribution in [2.45, 2.75) is 33.6 Å². The fourth-order valence-corrected chi connectivity index (χ4v) is 2.95. The van der Waals surface area contributed by atoms with Crippen LogP contribution >= 0.6 is 11.3 Å². The Morgan fingerprint density at radius 3 is 2.68 bits per heavy atom. The highest BCUT2D eigenvalue weighted by molar-refractivity contribution is 7.09. The number of aromatic nitrogens is 1. The first-order chi connectivity index (χ1) is 13.3. The monoisotopic (exact) mass is 403 g/mol. The largest absolute Gasteiger partial charge is 0.454 e. The summed E-state index contributed by atoms with van der Waals surface area (Å²) in [7, 11) is 0. The fourth-order valence-electron chi connectivity index (χ4n) is 2.33. The topological polar surface area (TPSA) is 97.4 Å². The van der Waals surface area contributed by atoms with Gasteiger partial charge in [-0.15, -0.1) is 11.3 Å². The maximum absolute atomic E-state index is 12.0. The highest BCUT2D eigenvalue weighted by Gasteiger charge is 2.11. The molecule has 0 aliphatic rings. The highest BCUT2D eigenvalue weighted by Crippen LogP contribution is 2.24. The number of thiazole rings is 1. The number of rotatable bonds is 9. The molecule has 2 amide bonds. The van der Waals surface area contributed by atoms with Crippen molar-refractivity contribution in [3.63, 3.8) is 0 Å². The predicted molar refractivity (Wildman–Crippen MR) is 109 cm³/mol. The first kappa shape index (κ1) is 21.6. The van der Waals surface area contributed by atoms with E-state index in [-0.39, 0.29) is 12.5 Å². The lowest BCUT2D eigenvalue weighted by Crippen LogP contribution is -2.32. The van der Waals surface area contributed by atoms with Gasteiger partial charge in [0, 0.05) is 23.1 Å². The van der Waals surface area contributed by atoms with Crippen molar-refractivity contribution in [3.8, 4) is 11.3 Å². The molecule has 7 nitrogen and oxygen atoms in total. The SMILES string of the molecule is Cc1nc(-c2cccc(NC(=O)COC(=O)CNC(=O)CCC(C)C)c2)cs1. The average Bonchev–Trinajstić information content (AvgIpc) is 3.09. The van der Waals surface area contributed by atoms with Crippen molar-refractivity contribution in [1.29, 1.82) is 0 Å². The normalized spacial score (nSPS) is 10.6. The molecule has 1 aromatic carbocycles. The van der Waals surface area contributed by atoms with Gasteiger partial charge in [0.1, 0.15) is 6.54 Å². The van der Waals surface area contributed by atoms with Crippen LogP contribution in [0.5, 0.6) is 0 Å². The summed E-state index contributed by atoms with van der Waals surface area (Å²) >= 11 is 1.56. The van der Waals surface area contributed by atoms with Gasteiger partial charge in [-0.05, 0) is 31.4 Å². The summed E-state index contributed by atoms with van der Waals surface area (Å²) in [6, 6.07) is 7.28. The minimum absolute atomic E-state index is 0.204. The molecule has 2 rings (SSSR count). The number of esters is 1. The van der Waals surface area contributed by atoms with Gasteiger partial charge >= 0.3 is 5.97 Å². The summed E-state index contributed by atoms with van der Waals surface area (Å²) in [5, 5.41) is 8.09. The maximum Gasteiger partial charge on any atom is 0.325 e. The molecule has 0 saturated heterocycles. The van der Waals surface area contributed by atoms with Gasteiger partial charge < -0.3 is 15.4 Å². The third-order valence-electron chi connectivity index (χ3n) is 3.80. The van der Waals surface area contributed by atoms with Crippen LogP contribution < -0.4 is 10.6 Å². The number of benzene rings is 1. The molecule has 2 aromatic rings. The smallest absolute Gasteiger partial charge is 0.325 e. The Kier molecular flexibility index (Phi) is 8.13. The van der Waals surface area contributed by atoms with Gasteiger partial charge in [-0.3, -0.25) is 14.4 Å². The molecule has 0 saturated carbocycles. The van der Waals surface area contributed by atoms with Crippen LogP contribution in [0.4, 0.5) is 5.69 Å². The van der Waals surface area contributed by atoms with E-state index in [9.17, 15) is 14.4 Å². The summed E-state index contributed by atoms with van der Waals surface area (Å²) in [5.74, 6) is -0.894. The molecular formula is C20H25N3O4S. The molecule has 2 N–H and O–H groups in total. The summed E-state index contributed by atoms with van der Waals surface area (Å²) in [4.78, 5) is 39.7. The number of nitrogens with zero attached hydrogens (tertiary/aromatic N) is 1. The molecule has 0 radical (unpaired) electrons. The predicted octanol–water partition coefficient (Wildman–Crippen LogP) is 3.15. The average molecular weight is 404 g/mol. The third-order valence-corrected chi connectivity index (χ3v) is 4.58. The Labute approximate surface area is 168 Å². The molecule has 0 unspecified atom stereocenters. The lowest BCUT2D eigenvalue weighted by Gasteiger charge is -2.09. The first-order valence-corrected chi connectivity index (χ1v) is 9.96.